The number of halogens is 1. The van der Waals surface area contributed by atoms with Crippen LogP contribution >= 0.6 is 11.6 Å². The molecule has 1 atom stereocenters. The van der Waals surface area contributed by atoms with Gasteiger partial charge in [-0.3, -0.25) is 4.79 Å². The minimum Gasteiger partial charge on any atom is -0.323 e. The zero-order chi connectivity index (χ0) is 18.1. The molecular weight excluding hydrogens is 348 g/mol. The van der Waals surface area contributed by atoms with E-state index in [1.165, 1.54) is 5.56 Å². The van der Waals surface area contributed by atoms with Gasteiger partial charge in [0.15, 0.2) is 0 Å². The highest BCUT2D eigenvalue weighted by Gasteiger charge is 2.31. The van der Waals surface area contributed by atoms with Crippen molar-refractivity contribution in [1.82, 2.24) is 9.97 Å². The number of carbonyl (C=O) groups is 1. The monoisotopic (exact) mass is 364 g/mol. The van der Waals surface area contributed by atoms with Crippen LogP contribution in [0.2, 0.25) is 5.02 Å². The zero-order valence-corrected chi connectivity index (χ0v) is 14.9. The molecular formula is C20H17ClN4O. The molecule has 2 heterocycles. The highest BCUT2D eigenvalue weighted by molar-refractivity contribution is 6.33. The van der Waals surface area contributed by atoms with Gasteiger partial charge in [-0.2, -0.15) is 0 Å². The summed E-state index contributed by atoms with van der Waals surface area (Å²) in [6, 6.07) is 15.4. The Bertz CT molecular complexity index is 958. The normalized spacial score (nSPS) is 15.6. The van der Waals surface area contributed by atoms with Gasteiger partial charge in [0, 0.05) is 24.1 Å². The molecule has 1 aromatic heterocycles. The number of nitrogens with one attached hydrogen (secondary N) is 1. The second-order valence-corrected chi connectivity index (χ2v) is 6.66. The highest BCUT2D eigenvalue weighted by Crippen LogP contribution is 2.33. The van der Waals surface area contributed by atoms with Crippen molar-refractivity contribution < 1.29 is 4.79 Å². The summed E-state index contributed by atoms with van der Waals surface area (Å²) in [6.45, 7) is 2.05. The molecule has 6 heteroatoms. The average Bonchev–Trinajstić information content (AvgIpc) is 2.99. The molecule has 1 amide bonds. The molecule has 1 unspecified atom stereocenters. The number of nitrogens with zero attached hydrogens (tertiary/aromatic N) is 3. The Labute approximate surface area is 156 Å². The van der Waals surface area contributed by atoms with Gasteiger partial charge < -0.3 is 10.2 Å². The maximum absolute atomic E-state index is 12.9. The van der Waals surface area contributed by atoms with Gasteiger partial charge in [-0.1, -0.05) is 41.9 Å². The van der Waals surface area contributed by atoms with Gasteiger partial charge in [-0.25, -0.2) is 9.97 Å². The van der Waals surface area contributed by atoms with Crippen LogP contribution in [-0.2, 0) is 6.42 Å². The number of fused-ring (bicyclic) bond motifs is 1. The van der Waals surface area contributed by atoms with E-state index in [2.05, 4.69) is 21.4 Å². The van der Waals surface area contributed by atoms with Crippen molar-refractivity contribution in [2.45, 2.75) is 19.4 Å². The number of amides is 1. The maximum atomic E-state index is 12.9. The van der Waals surface area contributed by atoms with E-state index >= 15 is 0 Å². The minimum absolute atomic E-state index is 0.0910. The SMILES string of the molecule is CC1Cc2ccccc2N1C(=O)c1cnc(Nc2ccccc2Cl)nc1. The lowest BCUT2D eigenvalue weighted by Gasteiger charge is -2.22. The number of hydrogen-bond acceptors (Lipinski definition) is 4. The molecule has 4 rings (SSSR count). The third-order valence-electron chi connectivity index (χ3n) is 4.45. The van der Waals surface area contributed by atoms with Crippen molar-refractivity contribution >= 4 is 34.8 Å². The second-order valence-electron chi connectivity index (χ2n) is 6.26. The van der Waals surface area contributed by atoms with Crippen molar-refractivity contribution in [2.24, 2.45) is 0 Å². The Kier molecular flexibility index (Phi) is 4.31. The topological polar surface area (TPSA) is 58.1 Å². The van der Waals surface area contributed by atoms with Crippen LogP contribution in [0.15, 0.2) is 60.9 Å². The summed E-state index contributed by atoms with van der Waals surface area (Å²) in [5, 5.41) is 3.64. The molecule has 2 aromatic carbocycles. The molecule has 0 bridgehead atoms. The van der Waals surface area contributed by atoms with Crippen LogP contribution in [-0.4, -0.2) is 21.9 Å². The Morgan fingerprint density at radius 1 is 1.12 bits per heavy atom. The molecule has 1 aliphatic heterocycles. The number of carbonyl (C=O) groups excluding carboxylic acids is 1. The molecule has 1 N–H and O–H groups in total. The lowest BCUT2D eigenvalue weighted by Crippen LogP contribution is -2.35. The summed E-state index contributed by atoms with van der Waals surface area (Å²) in [5.74, 6) is 0.302. The second kappa shape index (κ2) is 6.77. The van der Waals surface area contributed by atoms with E-state index in [0.29, 0.717) is 16.5 Å². The number of para-hydroxylation sites is 2. The summed E-state index contributed by atoms with van der Waals surface area (Å²) in [4.78, 5) is 23.3. The summed E-state index contributed by atoms with van der Waals surface area (Å²) < 4.78 is 0. The number of benzene rings is 2. The van der Waals surface area contributed by atoms with Gasteiger partial charge >= 0.3 is 0 Å². The van der Waals surface area contributed by atoms with Crippen molar-refractivity contribution in [3.8, 4) is 0 Å². The van der Waals surface area contributed by atoms with E-state index < -0.39 is 0 Å². The number of hydrogen-bond donors (Lipinski definition) is 1. The lowest BCUT2D eigenvalue weighted by atomic mass is 10.1. The molecule has 0 fully saturated rings. The van der Waals surface area contributed by atoms with Gasteiger partial charge in [0.25, 0.3) is 5.91 Å². The van der Waals surface area contributed by atoms with Crippen LogP contribution in [0.3, 0.4) is 0 Å². The van der Waals surface area contributed by atoms with Gasteiger partial charge in [-0.15, -0.1) is 0 Å². The third-order valence-corrected chi connectivity index (χ3v) is 4.77. The summed E-state index contributed by atoms with van der Waals surface area (Å²) in [5.41, 5.74) is 3.32. The van der Waals surface area contributed by atoms with E-state index in [9.17, 15) is 4.79 Å². The van der Waals surface area contributed by atoms with Crippen LogP contribution in [0.4, 0.5) is 17.3 Å². The van der Waals surface area contributed by atoms with E-state index in [1.807, 2.05) is 48.2 Å². The smallest absolute Gasteiger partial charge is 0.261 e. The Hall–Kier alpha value is -2.92. The highest BCUT2D eigenvalue weighted by atomic mass is 35.5. The first kappa shape index (κ1) is 16.5. The Morgan fingerprint density at radius 3 is 2.58 bits per heavy atom. The average molecular weight is 365 g/mol. The van der Waals surface area contributed by atoms with Gasteiger partial charge in [0.05, 0.1) is 16.3 Å². The molecule has 130 valence electrons. The predicted octanol–water partition coefficient (Wildman–Crippen LogP) is 4.47. The molecule has 26 heavy (non-hydrogen) atoms. The van der Waals surface area contributed by atoms with E-state index in [4.69, 9.17) is 11.6 Å². The fourth-order valence-electron chi connectivity index (χ4n) is 3.20. The molecule has 3 aromatic rings. The van der Waals surface area contributed by atoms with Crippen LogP contribution in [0.5, 0.6) is 0 Å². The quantitative estimate of drug-likeness (QED) is 0.745. The van der Waals surface area contributed by atoms with Gasteiger partial charge in [-0.05, 0) is 37.1 Å². The predicted molar refractivity (Wildman–Crippen MR) is 103 cm³/mol. The molecule has 0 radical (unpaired) electrons. The van der Waals surface area contributed by atoms with E-state index in [0.717, 1.165) is 17.8 Å². The van der Waals surface area contributed by atoms with Crippen molar-refractivity contribution in [3.63, 3.8) is 0 Å². The molecule has 0 saturated heterocycles. The van der Waals surface area contributed by atoms with Crippen molar-refractivity contribution in [1.29, 1.82) is 0 Å². The minimum atomic E-state index is -0.0910. The van der Waals surface area contributed by atoms with Gasteiger partial charge in [0.2, 0.25) is 5.95 Å². The van der Waals surface area contributed by atoms with Crippen molar-refractivity contribution in [3.05, 3.63) is 77.1 Å². The Morgan fingerprint density at radius 2 is 1.81 bits per heavy atom. The first-order valence-electron chi connectivity index (χ1n) is 8.38. The summed E-state index contributed by atoms with van der Waals surface area (Å²) in [7, 11) is 0. The lowest BCUT2D eigenvalue weighted by molar-refractivity contribution is 0.0981. The standard InChI is InChI=1S/C20H17ClN4O/c1-13-10-14-6-2-5-9-18(14)25(13)19(26)15-11-22-20(23-12-15)24-17-8-4-3-7-16(17)21/h2-9,11-13H,10H2,1H3,(H,22,23,24). The molecule has 0 saturated carbocycles. The van der Waals surface area contributed by atoms with Crippen molar-refractivity contribution in [2.75, 3.05) is 10.2 Å². The number of aromatic nitrogens is 2. The fraction of sp³-hybridized carbons (Fsp3) is 0.150. The zero-order valence-electron chi connectivity index (χ0n) is 14.2. The summed E-state index contributed by atoms with van der Waals surface area (Å²) in [6.07, 6.45) is 3.94. The molecule has 0 spiro atoms. The number of anilines is 3. The van der Waals surface area contributed by atoms with Crippen LogP contribution in [0, 0.1) is 0 Å². The Balaban J connectivity index is 1.56. The first-order valence-corrected chi connectivity index (χ1v) is 8.76. The first-order chi connectivity index (χ1) is 12.6. The van der Waals surface area contributed by atoms with Gasteiger partial charge in [0.1, 0.15) is 0 Å². The van der Waals surface area contributed by atoms with Crippen LogP contribution in [0.25, 0.3) is 0 Å². The largest absolute Gasteiger partial charge is 0.323 e. The fourth-order valence-corrected chi connectivity index (χ4v) is 3.38. The van der Waals surface area contributed by atoms with Crippen LogP contribution < -0.4 is 10.2 Å². The third kappa shape index (κ3) is 3.02. The van der Waals surface area contributed by atoms with Crippen LogP contribution in [0.1, 0.15) is 22.8 Å². The maximum Gasteiger partial charge on any atom is 0.261 e. The van der Waals surface area contributed by atoms with E-state index in [-0.39, 0.29) is 11.9 Å². The summed E-state index contributed by atoms with van der Waals surface area (Å²) >= 11 is 6.13. The molecule has 5 nitrogen and oxygen atoms in total. The van der Waals surface area contributed by atoms with E-state index in [1.54, 1.807) is 18.5 Å². The molecule has 1 aliphatic rings. The number of rotatable bonds is 3. The molecule has 0 aliphatic carbocycles.